The van der Waals surface area contributed by atoms with Gasteiger partial charge in [0.25, 0.3) is 0 Å². The van der Waals surface area contributed by atoms with Gasteiger partial charge in [0.2, 0.25) is 0 Å². The second-order valence-electron chi connectivity index (χ2n) is 4.04. The SMILES string of the molecule is CC(C)C(O)CNCCCOCC(F)(F)F. The molecule has 0 fully saturated rings. The van der Waals surface area contributed by atoms with Crippen LogP contribution >= 0.6 is 0 Å². The van der Waals surface area contributed by atoms with Crippen molar-refractivity contribution in [3.8, 4) is 0 Å². The zero-order valence-corrected chi connectivity index (χ0v) is 9.68. The van der Waals surface area contributed by atoms with Crippen LogP contribution in [0.25, 0.3) is 0 Å². The van der Waals surface area contributed by atoms with Gasteiger partial charge >= 0.3 is 6.18 Å². The van der Waals surface area contributed by atoms with Gasteiger partial charge in [-0.2, -0.15) is 13.2 Å². The lowest BCUT2D eigenvalue weighted by Gasteiger charge is -2.15. The largest absolute Gasteiger partial charge is 0.411 e. The lowest BCUT2D eigenvalue weighted by Crippen LogP contribution is -2.31. The van der Waals surface area contributed by atoms with E-state index in [1.165, 1.54) is 0 Å². The Morgan fingerprint density at radius 1 is 1.31 bits per heavy atom. The summed E-state index contributed by atoms with van der Waals surface area (Å²) in [5, 5.41) is 12.3. The maximum absolute atomic E-state index is 11.7. The van der Waals surface area contributed by atoms with Crippen molar-refractivity contribution in [2.75, 3.05) is 26.3 Å². The summed E-state index contributed by atoms with van der Waals surface area (Å²) in [6, 6.07) is 0. The number of aliphatic hydroxyl groups is 1. The molecule has 0 heterocycles. The zero-order valence-electron chi connectivity index (χ0n) is 9.68. The summed E-state index contributed by atoms with van der Waals surface area (Å²) < 4.78 is 39.4. The summed E-state index contributed by atoms with van der Waals surface area (Å²) in [5.41, 5.74) is 0. The summed E-state index contributed by atoms with van der Waals surface area (Å²) in [7, 11) is 0. The molecule has 0 aromatic rings. The molecule has 2 N–H and O–H groups in total. The minimum atomic E-state index is -4.25. The highest BCUT2D eigenvalue weighted by Gasteiger charge is 2.27. The number of nitrogens with one attached hydrogen (secondary N) is 1. The molecule has 0 radical (unpaired) electrons. The van der Waals surface area contributed by atoms with Gasteiger partial charge in [0.05, 0.1) is 6.10 Å². The van der Waals surface area contributed by atoms with E-state index in [1.54, 1.807) is 0 Å². The van der Waals surface area contributed by atoms with Crippen LogP contribution < -0.4 is 5.32 Å². The van der Waals surface area contributed by atoms with Gasteiger partial charge in [-0.25, -0.2) is 0 Å². The van der Waals surface area contributed by atoms with Gasteiger partial charge in [-0.1, -0.05) is 13.8 Å². The number of hydrogen-bond donors (Lipinski definition) is 2. The van der Waals surface area contributed by atoms with Gasteiger partial charge in [-0.15, -0.1) is 0 Å². The number of hydrogen-bond acceptors (Lipinski definition) is 3. The van der Waals surface area contributed by atoms with Crippen molar-refractivity contribution >= 4 is 0 Å². The monoisotopic (exact) mass is 243 g/mol. The van der Waals surface area contributed by atoms with E-state index in [2.05, 4.69) is 10.1 Å². The fourth-order valence-corrected chi connectivity index (χ4v) is 0.973. The second-order valence-corrected chi connectivity index (χ2v) is 4.04. The van der Waals surface area contributed by atoms with Gasteiger partial charge in [-0.05, 0) is 18.9 Å². The molecule has 0 aromatic carbocycles. The normalized spacial score (nSPS) is 14.4. The molecule has 0 rings (SSSR count). The summed E-state index contributed by atoms with van der Waals surface area (Å²) in [5.74, 6) is 0.175. The molecule has 0 spiro atoms. The van der Waals surface area contributed by atoms with E-state index in [4.69, 9.17) is 0 Å². The Bertz CT molecular complexity index is 174. The molecule has 0 aliphatic carbocycles. The predicted octanol–water partition coefficient (Wildman–Crippen LogP) is 1.56. The number of ether oxygens (including phenoxy) is 1. The number of halogens is 3. The minimum Gasteiger partial charge on any atom is -0.392 e. The molecule has 16 heavy (non-hydrogen) atoms. The van der Waals surface area contributed by atoms with Crippen LogP contribution in [0.4, 0.5) is 13.2 Å². The van der Waals surface area contributed by atoms with Crippen molar-refractivity contribution in [3.63, 3.8) is 0 Å². The van der Waals surface area contributed by atoms with Gasteiger partial charge in [-0.3, -0.25) is 0 Å². The Kier molecular flexibility index (Phi) is 7.70. The highest BCUT2D eigenvalue weighted by molar-refractivity contribution is 4.62. The van der Waals surface area contributed by atoms with E-state index in [-0.39, 0.29) is 12.5 Å². The zero-order chi connectivity index (χ0) is 12.6. The third-order valence-corrected chi connectivity index (χ3v) is 2.03. The summed E-state index contributed by atoms with van der Waals surface area (Å²) in [6.07, 6.45) is -4.17. The van der Waals surface area contributed by atoms with E-state index in [0.717, 1.165) is 0 Å². The molecule has 1 unspecified atom stereocenters. The summed E-state index contributed by atoms with van der Waals surface area (Å²) >= 11 is 0. The average molecular weight is 243 g/mol. The lowest BCUT2D eigenvalue weighted by molar-refractivity contribution is -0.173. The van der Waals surface area contributed by atoms with Gasteiger partial charge in [0.1, 0.15) is 6.61 Å². The molecular formula is C10H20F3NO2. The van der Waals surface area contributed by atoms with Gasteiger partial charge < -0.3 is 15.2 Å². The molecule has 0 aliphatic rings. The Morgan fingerprint density at radius 2 is 1.94 bits per heavy atom. The highest BCUT2D eigenvalue weighted by Crippen LogP contribution is 2.14. The Hall–Kier alpha value is -0.330. The molecule has 0 aromatic heterocycles. The van der Waals surface area contributed by atoms with E-state index >= 15 is 0 Å². The first-order valence-corrected chi connectivity index (χ1v) is 5.36. The fraction of sp³-hybridized carbons (Fsp3) is 1.00. The first kappa shape index (κ1) is 15.7. The fourth-order valence-electron chi connectivity index (χ4n) is 0.973. The van der Waals surface area contributed by atoms with Crippen LogP contribution in [-0.2, 0) is 4.74 Å². The van der Waals surface area contributed by atoms with E-state index in [0.29, 0.717) is 19.5 Å². The second kappa shape index (κ2) is 7.86. The molecule has 0 saturated heterocycles. The van der Waals surface area contributed by atoms with Crippen molar-refractivity contribution in [3.05, 3.63) is 0 Å². The summed E-state index contributed by atoms with van der Waals surface area (Å²) in [6.45, 7) is 3.68. The van der Waals surface area contributed by atoms with E-state index in [9.17, 15) is 18.3 Å². The molecule has 0 aliphatic heterocycles. The smallest absolute Gasteiger partial charge is 0.392 e. The molecule has 0 amide bonds. The quantitative estimate of drug-likeness (QED) is 0.636. The molecule has 0 saturated carbocycles. The third kappa shape index (κ3) is 10.2. The van der Waals surface area contributed by atoms with Crippen LogP contribution in [-0.4, -0.2) is 43.7 Å². The van der Waals surface area contributed by atoms with Crippen molar-refractivity contribution in [2.45, 2.75) is 32.5 Å². The maximum atomic E-state index is 11.7. The van der Waals surface area contributed by atoms with Crippen molar-refractivity contribution in [2.24, 2.45) is 5.92 Å². The van der Waals surface area contributed by atoms with Gasteiger partial charge in [0, 0.05) is 13.2 Å². The predicted molar refractivity (Wildman–Crippen MR) is 55.2 cm³/mol. The number of rotatable bonds is 8. The molecule has 98 valence electrons. The summed E-state index contributed by atoms with van der Waals surface area (Å²) in [4.78, 5) is 0. The van der Waals surface area contributed by atoms with Crippen LogP contribution in [0.15, 0.2) is 0 Å². The van der Waals surface area contributed by atoms with Crippen molar-refractivity contribution in [1.82, 2.24) is 5.32 Å². The molecule has 0 bridgehead atoms. The molecule has 1 atom stereocenters. The van der Waals surface area contributed by atoms with Crippen LogP contribution in [0.1, 0.15) is 20.3 Å². The molecule has 3 nitrogen and oxygen atoms in total. The maximum Gasteiger partial charge on any atom is 0.411 e. The van der Waals surface area contributed by atoms with Crippen LogP contribution in [0.2, 0.25) is 0 Å². The van der Waals surface area contributed by atoms with E-state index in [1.807, 2.05) is 13.8 Å². The Labute approximate surface area is 94.0 Å². The highest BCUT2D eigenvalue weighted by atomic mass is 19.4. The number of alkyl halides is 3. The standard InChI is InChI=1S/C10H20F3NO2/c1-8(2)9(15)6-14-4-3-5-16-7-10(11,12)13/h8-9,14-15H,3-7H2,1-2H3. The Balaban J connectivity index is 3.22. The molecular weight excluding hydrogens is 223 g/mol. The van der Waals surface area contributed by atoms with Gasteiger partial charge in [0.15, 0.2) is 0 Å². The minimum absolute atomic E-state index is 0.0737. The topological polar surface area (TPSA) is 41.5 Å². The van der Waals surface area contributed by atoms with E-state index < -0.39 is 18.9 Å². The molecule has 6 heteroatoms. The number of aliphatic hydroxyl groups excluding tert-OH is 1. The lowest BCUT2D eigenvalue weighted by atomic mass is 10.1. The average Bonchev–Trinajstić information content (AvgIpc) is 2.14. The Morgan fingerprint density at radius 3 is 2.44 bits per heavy atom. The van der Waals surface area contributed by atoms with Crippen LogP contribution in [0, 0.1) is 5.92 Å². The first-order valence-electron chi connectivity index (χ1n) is 5.36. The first-order chi connectivity index (χ1) is 7.33. The van der Waals surface area contributed by atoms with Crippen molar-refractivity contribution < 1.29 is 23.0 Å². The van der Waals surface area contributed by atoms with Crippen LogP contribution in [0.3, 0.4) is 0 Å². The van der Waals surface area contributed by atoms with Crippen LogP contribution in [0.5, 0.6) is 0 Å². The van der Waals surface area contributed by atoms with Crippen molar-refractivity contribution in [1.29, 1.82) is 0 Å². The third-order valence-electron chi connectivity index (χ3n) is 2.03.